The molecule has 0 aliphatic carbocycles. The van der Waals surface area contributed by atoms with Gasteiger partial charge in [-0.15, -0.1) is 0 Å². The van der Waals surface area contributed by atoms with Gasteiger partial charge in [0.2, 0.25) is 5.91 Å². The summed E-state index contributed by atoms with van der Waals surface area (Å²) in [5.74, 6) is -0.283. The van der Waals surface area contributed by atoms with Crippen LogP contribution in [0.1, 0.15) is 33.6 Å². The molecule has 0 radical (unpaired) electrons. The molecule has 1 aliphatic rings. The van der Waals surface area contributed by atoms with Crippen molar-refractivity contribution in [2.75, 3.05) is 19.6 Å². The molecule has 3 amide bonds. The van der Waals surface area contributed by atoms with Gasteiger partial charge in [0.15, 0.2) is 0 Å². The van der Waals surface area contributed by atoms with Gasteiger partial charge in [-0.2, -0.15) is 0 Å². The van der Waals surface area contributed by atoms with Crippen LogP contribution in [0.2, 0.25) is 0 Å². The van der Waals surface area contributed by atoms with E-state index in [-0.39, 0.29) is 17.4 Å². The predicted octanol–water partition coefficient (Wildman–Crippen LogP) is 0.609. The molecular formula is C13H24N4O2S. The zero-order chi connectivity index (χ0) is 15.3. The Kier molecular flexibility index (Phi) is 5.88. The quantitative estimate of drug-likeness (QED) is 0.662. The van der Waals surface area contributed by atoms with Crippen molar-refractivity contribution >= 4 is 29.1 Å². The number of hydrogen-bond donors (Lipinski definition) is 3. The van der Waals surface area contributed by atoms with E-state index < -0.39 is 6.03 Å². The molecule has 0 saturated carbocycles. The highest BCUT2D eigenvalue weighted by molar-refractivity contribution is 7.80. The predicted molar refractivity (Wildman–Crippen MR) is 82.4 cm³/mol. The number of nitrogens with one attached hydrogen (secondary N) is 2. The summed E-state index contributed by atoms with van der Waals surface area (Å²) in [5.41, 5.74) is 5.64. The number of carbonyl (C=O) groups is 2. The van der Waals surface area contributed by atoms with E-state index in [1.54, 1.807) is 13.8 Å². The van der Waals surface area contributed by atoms with Gasteiger partial charge in [0.1, 0.15) is 0 Å². The van der Waals surface area contributed by atoms with Crippen molar-refractivity contribution in [1.82, 2.24) is 15.5 Å². The Balaban J connectivity index is 2.50. The van der Waals surface area contributed by atoms with Crippen LogP contribution < -0.4 is 16.4 Å². The molecule has 4 N–H and O–H groups in total. The lowest BCUT2D eigenvalue weighted by molar-refractivity contribution is -0.125. The fourth-order valence-corrected chi connectivity index (χ4v) is 2.44. The van der Waals surface area contributed by atoms with Crippen molar-refractivity contribution in [1.29, 1.82) is 0 Å². The van der Waals surface area contributed by atoms with Crippen LogP contribution >= 0.6 is 12.2 Å². The first-order valence-electron chi connectivity index (χ1n) is 6.93. The average molecular weight is 300 g/mol. The van der Waals surface area contributed by atoms with Gasteiger partial charge in [0.25, 0.3) is 0 Å². The molecule has 0 spiro atoms. The second-order valence-corrected chi connectivity index (χ2v) is 5.93. The van der Waals surface area contributed by atoms with E-state index in [1.807, 2.05) is 0 Å². The summed E-state index contributed by atoms with van der Waals surface area (Å²) in [5, 5.41) is 4.88. The van der Waals surface area contributed by atoms with Gasteiger partial charge in [0, 0.05) is 12.0 Å². The molecule has 1 saturated heterocycles. The maximum Gasteiger partial charge on any atom is 0.321 e. The number of rotatable bonds is 4. The van der Waals surface area contributed by atoms with Gasteiger partial charge in [-0.1, -0.05) is 19.1 Å². The molecule has 6 nitrogen and oxygen atoms in total. The number of nitrogens with zero attached hydrogens (tertiary/aromatic N) is 1. The average Bonchev–Trinajstić information content (AvgIpc) is 2.38. The molecule has 1 heterocycles. The molecule has 0 aromatic carbocycles. The minimum atomic E-state index is -0.450. The first-order chi connectivity index (χ1) is 9.30. The first kappa shape index (κ1) is 16.8. The Morgan fingerprint density at radius 1 is 1.40 bits per heavy atom. The van der Waals surface area contributed by atoms with Crippen molar-refractivity contribution < 1.29 is 9.59 Å². The van der Waals surface area contributed by atoms with Crippen LogP contribution in [-0.2, 0) is 4.79 Å². The third kappa shape index (κ3) is 4.14. The molecule has 1 rings (SSSR count). The molecule has 1 aliphatic heterocycles. The standard InChI is InChI=1S/C13H24N4O2S/c1-4-15-12(19)16-10(18)9(2)17-7-5-13(3,6-8-17)11(14)20/h9H,4-8H2,1-3H3,(H2,14,20)(H2,15,16,18,19). The lowest BCUT2D eigenvalue weighted by atomic mass is 9.80. The number of piperidine rings is 1. The van der Waals surface area contributed by atoms with Crippen LogP contribution in [0.5, 0.6) is 0 Å². The topological polar surface area (TPSA) is 87.5 Å². The van der Waals surface area contributed by atoms with Gasteiger partial charge < -0.3 is 11.1 Å². The zero-order valence-corrected chi connectivity index (χ0v) is 13.2. The number of likely N-dealkylation sites (tertiary alicyclic amines) is 1. The molecule has 1 unspecified atom stereocenters. The lowest BCUT2D eigenvalue weighted by Crippen LogP contribution is -2.53. The lowest BCUT2D eigenvalue weighted by Gasteiger charge is -2.40. The van der Waals surface area contributed by atoms with E-state index in [2.05, 4.69) is 22.5 Å². The Hall–Kier alpha value is -1.21. The number of nitrogens with two attached hydrogens (primary N) is 1. The van der Waals surface area contributed by atoms with Gasteiger partial charge in [-0.3, -0.25) is 15.0 Å². The number of urea groups is 1. The largest absolute Gasteiger partial charge is 0.393 e. The molecule has 1 fully saturated rings. The zero-order valence-electron chi connectivity index (χ0n) is 12.4. The van der Waals surface area contributed by atoms with Gasteiger partial charge in [0.05, 0.1) is 11.0 Å². The SMILES string of the molecule is CCNC(=O)NC(=O)C(C)N1CCC(C)(C(N)=S)CC1. The summed E-state index contributed by atoms with van der Waals surface area (Å²) in [7, 11) is 0. The fraction of sp³-hybridized carbons (Fsp3) is 0.769. The number of hydrogen-bond acceptors (Lipinski definition) is 4. The Labute approximate surface area is 125 Å². The molecule has 1 atom stereocenters. The maximum absolute atomic E-state index is 12.0. The Bertz CT molecular complexity index is 392. The van der Waals surface area contributed by atoms with Crippen LogP contribution in [0, 0.1) is 5.41 Å². The van der Waals surface area contributed by atoms with Crippen molar-refractivity contribution in [2.24, 2.45) is 11.1 Å². The minimum Gasteiger partial charge on any atom is -0.393 e. The molecule has 20 heavy (non-hydrogen) atoms. The van der Waals surface area contributed by atoms with E-state index in [9.17, 15) is 9.59 Å². The highest BCUT2D eigenvalue weighted by atomic mass is 32.1. The third-order valence-corrected chi connectivity index (χ3v) is 4.49. The van der Waals surface area contributed by atoms with E-state index >= 15 is 0 Å². The summed E-state index contributed by atoms with van der Waals surface area (Å²) in [6, 6.07) is -0.789. The molecule has 114 valence electrons. The maximum atomic E-state index is 12.0. The Morgan fingerprint density at radius 2 is 1.95 bits per heavy atom. The normalized spacial score (nSPS) is 19.9. The summed E-state index contributed by atoms with van der Waals surface area (Å²) in [6.07, 6.45) is 1.67. The monoisotopic (exact) mass is 300 g/mol. The minimum absolute atomic E-state index is 0.123. The first-order valence-corrected chi connectivity index (χ1v) is 7.33. The van der Waals surface area contributed by atoms with Crippen LogP contribution in [0.3, 0.4) is 0 Å². The number of imide groups is 1. The van der Waals surface area contributed by atoms with E-state index in [0.29, 0.717) is 11.5 Å². The van der Waals surface area contributed by atoms with E-state index in [4.69, 9.17) is 18.0 Å². The number of carbonyl (C=O) groups excluding carboxylic acids is 2. The molecular weight excluding hydrogens is 276 g/mol. The summed E-state index contributed by atoms with van der Waals surface area (Å²) in [4.78, 5) is 25.9. The molecule has 0 bridgehead atoms. The summed E-state index contributed by atoms with van der Waals surface area (Å²) in [6.45, 7) is 7.65. The van der Waals surface area contributed by atoms with Gasteiger partial charge in [-0.05, 0) is 39.8 Å². The van der Waals surface area contributed by atoms with Crippen molar-refractivity contribution in [3.63, 3.8) is 0 Å². The van der Waals surface area contributed by atoms with Gasteiger partial charge >= 0.3 is 6.03 Å². The number of thiocarbonyl (C=S) groups is 1. The third-order valence-electron chi connectivity index (χ3n) is 4.00. The Morgan fingerprint density at radius 3 is 2.40 bits per heavy atom. The molecule has 0 aromatic rings. The van der Waals surface area contributed by atoms with Crippen LogP contribution in [0.4, 0.5) is 4.79 Å². The number of amides is 3. The van der Waals surface area contributed by atoms with Crippen LogP contribution in [-0.4, -0.2) is 47.5 Å². The van der Waals surface area contributed by atoms with E-state index in [1.165, 1.54) is 0 Å². The van der Waals surface area contributed by atoms with Crippen molar-refractivity contribution in [2.45, 2.75) is 39.7 Å². The molecule has 7 heteroatoms. The fourth-order valence-electron chi connectivity index (χ4n) is 2.24. The van der Waals surface area contributed by atoms with Crippen LogP contribution in [0.25, 0.3) is 0 Å². The van der Waals surface area contributed by atoms with Crippen molar-refractivity contribution in [3.05, 3.63) is 0 Å². The summed E-state index contributed by atoms with van der Waals surface area (Å²) >= 11 is 5.10. The summed E-state index contributed by atoms with van der Waals surface area (Å²) < 4.78 is 0. The second-order valence-electron chi connectivity index (χ2n) is 5.49. The highest BCUT2D eigenvalue weighted by Crippen LogP contribution is 2.31. The van der Waals surface area contributed by atoms with E-state index in [0.717, 1.165) is 25.9 Å². The highest BCUT2D eigenvalue weighted by Gasteiger charge is 2.35. The second kappa shape index (κ2) is 6.99. The van der Waals surface area contributed by atoms with Crippen LogP contribution in [0.15, 0.2) is 0 Å². The van der Waals surface area contributed by atoms with Gasteiger partial charge in [-0.25, -0.2) is 4.79 Å². The molecule has 0 aromatic heterocycles. The van der Waals surface area contributed by atoms with Crippen molar-refractivity contribution in [3.8, 4) is 0 Å². The smallest absolute Gasteiger partial charge is 0.321 e.